The molecule has 4 heterocycles. The Balaban J connectivity index is 1.24. The standard InChI is InChI=1S/C37H35Cl2FN6O3/c1-21(2)46-12-10-23-15-31(43-18-26(23)19-46)29(40)14-24-5-3-6-27(33(24)38)28-7-4-8-30(34(28)39)45-36-35-25(9-11-41-36)13-22(17-44-35)16-42-32(20-47)37(48)49/h3-9,11,13-15,17-18,21,32,42,47H,10,12,16,19-20H2,1-2H3,(H,41,45)(H,48,49)/t32-/m1/s1. The Kier molecular flexibility index (Phi) is 10.5. The van der Waals surface area contributed by atoms with Gasteiger partial charge in [0.25, 0.3) is 0 Å². The van der Waals surface area contributed by atoms with Crippen LogP contribution in [0.15, 0.2) is 73.2 Å². The van der Waals surface area contributed by atoms with E-state index in [0.29, 0.717) is 49.8 Å². The van der Waals surface area contributed by atoms with Gasteiger partial charge in [0, 0.05) is 60.8 Å². The summed E-state index contributed by atoms with van der Waals surface area (Å²) in [6, 6.07) is 15.7. The minimum absolute atomic E-state index is 0.208. The van der Waals surface area contributed by atoms with E-state index in [-0.39, 0.29) is 12.2 Å². The van der Waals surface area contributed by atoms with E-state index < -0.39 is 24.4 Å². The molecule has 1 atom stereocenters. The summed E-state index contributed by atoms with van der Waals surface area (Å²) in [7, 11) is 0. The van der Waals surface area contributed by atoms with Crippen LogP contribution in [0.25, 0.3) is 33.9 Å². The number of aliphatic hydroxyl groups excluding tert-OH is 1. The zero-order chi connectivity index (χ0) is 34.7. The number of pyridine rings is 3. The average Bonchev–Trinajstić information content (AvgIpc) is 3.10. The fourth-order valence-corrected chi connectivity index (χ4v) is 6.40. The number of hydrogen-bond acceptors (Lipinski definition) is 8. The van der Waals surface area contributed by atoms with Crippen LogP contribution >= 0.6 is 23.2 Å². The molecule has 9 nitrogen and oxygen atoms in total. The normalized spacial score (nSPS) is 14.2. The van der Waals surface area contributed by atoms with Crippen molar-refractivity contribution in [1.29, 1.82) is 0 Å². The van der Waals surface area contributed by atoms with Gasteiger partial charge in [-0.3, -0.25) is 25.0 Å². The minimum Gasteiger partial charge on any atom is -0.480 e. The Morgan fingerprint density at radius 2 is 1.80 bits per heavy atom. The zero-order valence-corrected chi connectivity index (χ0v) is 28.4. The van der Waals surface area contributed by atoms with Crippen molar-refractivity contribution in [2.45, 2.75) is 45.4 Å². The second-order valence-electron chi connectivity index (χ2n) is 12.2. The Morgan fingerprint density at radius 3 is 2.55 bits per heavy atom. The molecule has 6 rings (SSSR count). The monoisotopic (exact) mass is 700 g/mol. The highest BCUT2D eigenvalue weighted by Gasteiger charge is 2.21. The number of benzene rings is 2. The van der Waals surface area contributed by atoms with Gasteiger partial charge in [-0.05, 0) is 72.9 Å². The van der Waals surface area contributed by atoms with Crippen LogP contribution in [-0.4, -0.2) is 61.3 Å². The third-order valence-corrected chi connectivity index (χ3v) is 9.47. The molecule has 0 radical (unpaired) electrons. The van der Waals surface area contributed by atoms with Gasteiger partial charge in [0.05, 0.1) is 28.0 Å². The molecule has 0 saturated heterocycles. The van der Waals surface area contributed by atoms with Crippen LogP contribution in [0.3, 0.4) is 0 Å². The number of nitrogens with one attached hydrogen (secondary N) is 2. The maximum atomic E-state index is 15.6. The van der Waals surface area contributed by atoms with Gasteiger partial charge < -0.3 is 15.5 Å². The Bertz CT molecular complexity index is 2060. The van der Waals surface area contributed by atoms with Crippen molar-refractivity contribution in [2.75, 3.05) is 18.5 Å². The van der Waals surface area contributed by atoms with E-state index >= 15 is 4.39 Å². The minimum atomic E-state index is -1.14. The number of carbonyl (C=O) groups is 1. The predicted octanol–water partition coefficient (Wildman–Crippen LogP) is 7.51. The van der Waals surface area contributed by atoms with Crippen LogP contribution in [0.1, 0.15) is 41.8 Å². The molecule has 0 spiro atoms. The molecule has 4 N–H and O–H groups in total. The molecule has 2 aromatic carbocycles. The molecule has 0 aliphatic carbocycles. The first-order valence-corrected chi connectivity index (χ1v) is 16.6. The Morgan fingerprint density at radius 1 is 1.02 bits per heavy atom. The van der Waals surface area contributed by atoms with Crippen LogP contribution in [0, 0.1) is 0 Å². The molecule has 12 heteroatoms. The van der Waals surface area contributed by atoms with E-state index in [1.807, 2.05) is 36.4 Å². The number of anilines is 2. The largest absolute Gasteiger partial charge is 0.480 e. The Hall–Kier alpha value is -4.45. The van der Waals surface area contributed by atoms with Crippen LogP contribution in [0.4, 0.5) is 15.9 Å². The van der Waals surface area contributed by atoms with Gasteiger partial charge in [0.15, 0.2) is 5.82 Å². The third-order valence-electron chi connectivity index (χ3n) is 8.64. The number of aromatic nitrogens is 3. The molecule has 1 aliphatic heterocycles. The van der Waals surface area contributed by atoms with Crippen molar-refractivity contribution >= 4 is 63.5 Å². The van der Waals surface area contributed by atoms with E-state index in [4.69, 9.17) is 23.2 Å². The highest BCUT2D eigenvalue weighted by atomic mass is 35.5. The van der Waals surface area contributed by atoms with Crippen LogP contribution in [-0.2, 0) is 24.3 Å². The fourth-order valence-electron chi connectivity index (χ4n) is 5.84. The maximum absolute atomic E-state index is 15.6. The summed E-state index contributed by atoms with van der Waals surface area (Å²) < 4.78 is 15.6. The van der Waals surface area contributed by atoms with Gasteiger partial charge in [-0.15, -0.1) is 0 Å². The molecule has 0 unspecified atom stereocenters. The maximum Gasteiger partial charge on any atom is 0.323 e. The predicted molar refractivity (Wildman–Crippen MR) is 193 cm³/mol. The number of fused-ring (bicyclic) bond motifs is 2. The molecule has 0 fully saturated rings. The summed E-state index contributed by atoms with van der Waals surface area (Å²) in [4.78, 5) is 27.1. The Labute approximate surface area is 293 Å². The summed E-state index contributed by atoms with van der Waals surface area (Å²) in [5, 5.41) is 26.0. The number of halogens is 3. The van der Waals surface area contributed by atoms with Gasteiger partial charge in [0.1, 0.15) is 17.4 Å². The molecule has 1 aliphatic rings. The second kappa shape index (κ2) is 15.0. The number of carboxylic acid groups (broad SMARTS) is 1. The van der Waals surface area contributed by atoms with Crippen molar-refractivity contribution in [3.63, 3.8) is 0 Å². The third kappa shape index (κ3) is 7.59. The smallest absolute Gasteiger partial charge is 0.323 e. The van der Waals surface area contributed by atoms with Crippen molar-refractivity contribution in [2.24, 2.45) is 0 Å². The van der Waals surface area contributed by atoms with Gasteiger partial charge >= 0.3 is 5.97 Å². The zero-order valence-electron chi connectivity index (χ0n) is 26.9. The van der Waals surface area contributed by atoms with Crippen LogP contribution in [0.2, 0.25) is 10.0 Å². The lowest BCUT2D eigenvalue weighted by Gasteiger charge is -2.31. The number of carboxylic acids is 1. The van der Waals surface area contributed by atoms with E-state index in [9.17, 15) is 15.0 Å². The number of aliphatic carboxylic acids is 1. The first kappa shape index (κ1) is 34.4. The fraction of sp³-hybridized carbons (Fsp3) is 0.243. The molecule has 0 amide bonds. The molecular formula is C37H35Cl2FN6O3. The van der Waals surface area contributed by atoms with Gasteiger partial charge in [0.2, 0.25) is 0 Å². The summed E-state index contributed by atoms with van der Waals surface area (Å²) in [6.07, 6.45) is 7.27. The molecule has 0 bridgehead atoms. The lowest BCUT2D eigenvalue weighted by Crippen LogP contribution is -2.39. The molecule has 5 aromatic rings. The lowest BCUT2D eigenvalue weighted by molar-refractivity contribution is -0.140. The number of aliphatic hydroxyl groups is 1. The number of hydrogen-bond donors (Lipinski definition) is 4. The summed E-state index contributed by atoms with van der Waals surface area (Å²) in [5.41, 5.74) is 6.18. The van der Waals surface area contributed by atoms with Crippen LogP contribution in [0.5, 0.6) is 0 Å². The topological polar surface area (TPSA) is 124 Å². The second-order valence-corrected chi connectivity index (χ2v) is 12.9. The summed E-state index contributed by atoms with van der Waals surface area (Å²) in [5.74, 6) is -1.14. The number of nitrogens with zero attached hydrogens (tertiary/aromatic N) is 4. The molecular weight excluding hydrogens is 666 g/mol. The van der Waals surface area contributed by atoms with E-state index in [1.165, 1.54) is 6.08 Å². The first-order chi connectivity index (χ1) is 23.6. The van der Waals surface area contributed by atoms with Crippen molar-refractivity contribution in [1.82, 2.24) is 25.2 Å². The van der Waals surface area contributed by atoms with E-state index in [2.05, 4.69) is 44.3 Å². The summed E-state index contributed by atoms with van der Waals surface area (Å²) >= 11 is 13.8. The van der Waals surface area contributed by atoms with E-state index in [0.717, 1.165) is 41.6 Å². The van der Waals surface area contributed by atoms with Crippen molar-refractivity contribution in [3.8, 4) is 11.1 Å². The average molecular weight is 702 g/mol. The van der Waals surface area contributed by atoms with Gasteiger partial charge in [-0.1, -0.05) is 53.5 Å². The molecule has 0 saturated carbocycles. The van der Waals surface area contributed by atoms with Gasteiger partial charge in [-0.25, -0.2) is 9.37 Å². The SMILES string of the molecule is CC(C)N1CCc2cc(C(F)=Cc3cccc(-c4cccc(Nc5nccc6cc(CN[C@H](CO)C(=O)O)cnc56)c4Cl)c3Cl)ncc2C1. The highest BCUT2D eigenvalue weighted by molar-refractivity contribution is 6.39. The lowest BCUT2D eigenvalue weighted by atomic mass is 9.99. The van der Waals surface area contributed by atoms with E-state index in [1.54, 1.807) is 36.8 Å². The van der Waals surface area contributed by atoms with Crippen molar-refractivity contribution in [3.05, 3.63) is 111 Å². The van der Waals surface area contributed by atoms with Crippen LogP contribution < -0.4 is 10.6 Å². The molecule has 49 heavy (non-hydrogen) atoms. The quantitative estimate of drug-likeness (QED) is 0.111. The highest BCUT2D eigenvalue weighted by Crippen LogP contribution is 2.40. The summed E-state index contributed by atoms with van der Waals surface area (Å²) in [6.45, 7) is 5.76. The van der Waals surface area contributed by atoms with Crippen molar-refractivity contribution < 1.29 is 19.4 Å². The first-order valence-electron chi connectivity index (χ1n) is 15.9. The van der Waals surface area contributed by atoms with Gasteiger partial charge in [-0.2, -0.15) is 0 Å². The molecule has 3 aromatic heterocycles. The number of rotatable bonds is 11. The molecule has 252 valence electrons.